The first kappa shape index (κ1) is 37.1. The fourth-order valence-corrected chi connectivity index (χ4v) is 3.39. The number of alkyl halides is 15. The summed E-state index contributed by atoms with van der Waals surface area (Å²) in [7, 11) is 0. The minimum atomic E-state index is -8.55. The lowest BCUT2D eigenvalue weighted by atomic mass is 9.90. The largest absolute Gasteiger partial charge is 0.460 e. The summed E-state index contributed by atoms with van der Waals surface area (Å²) >= 11 is 0. The number of hydrogen-bond acceptors (Lipinski definition) is 3. The first-order valence-electron chi connectivity index (χ1n) is 11.7. The zero-order chi connectivity index (χ0) is 34.9. The zero-order valence-electron chi connectivity index (χ0n) is 22.0. The number of anilines is 1. The smallest absolute Gasteiger partial charge is 0.453 e. The number of benzene rings is 2. The third-order valence-corrected chi connectivity index (χ3v) is 5.79. The second-order valence-electron chi connectivity index (χ2n) is 8.92. The van der Waals surface area contributed by atoms with Gasteiger partial charge in [0.05, 0.1) is 12.2 Å². The molecule has 0 atom stereocenters. The lowest BCUT2D eigenvalue weighted by Crippen LogP contribution is -2.74. The summed E-state index contributed by atoms with van der Waals surface area (Å²) in [5, 5.41) is 0. The highest BCUT2D eigenvalue weighted by atomic mass is 19.4. The Morgan fingerprint density at radius 2 is 1.13 bits per heavy atom. The van der Waals surface area contributed by atoms with E-state index in [1.54, 1.807) is 0 Å². The molecule has 1 amide bonds. The lowest BCUT2D eigenvalue weighted by Gasteiger charge is -2.41. The molecule has 0 aromatic heterocycles. The summed E-state index contributed by atoms with van der Waals surface area (Å²) in [6.45, 7) is -0.960. The van der Waals surface area contributed by atoms with E-state index in [1.807, 2.05) is 0 Å². The Morgan fingerprint density at radius 1 is 0.667 bits per heavy atom. The van der Waals surface area contributed by atoms with E-state index in [2.05, 4.69) is 16.6 Å². The molecule has 4 nitrogen and oxygen atoms in total. The second-order valence-corrected chi connectivity index (χ2v) is 8.92. The van der Waals surface area contributed by atoms with Gasteiger partial charge in [-0.05, 0) is 17.7 Å². The van der Waals surface area contributed by atoms with Crippen LogP contribution in [0.15, 0.2) is 54.6 Å². The van der Waals surface area contributed by atoms with Crippen LogP contribution in [0, 0.1) is 11.8 Å². The number of halogens is 15. The molecule has 19 heteroatoms. The van der Waals surface area contributed by atoms with Gasteiger partial charge in [-0.3, -0.25) is 9.59 Å². The number of ether oxygens (including phenoxy) is 1. The molecule has 0 aliphatic heterocycles. The Balaban J connectivity index is 2.73. The Labute approximate surface area is 242 Å². The first-order chi connectivity index (χ1) is 20.3. The van der Waals surface area contributed by atoms with Crippen LogP contribution in [0.25, 0.3) is 0 Å². The highest BCUT2D eigenvalue weighted by Gasteiger charge is 2.94. The fourth-order valence-electron chi connectivity index (χ4n) is 3.39. The number of hydrogen-bond donors (Lipinski definition) is 0. The van der Waals surface area contributed by atoms with Gasteiger partial charge in [-0.25, -0.2) is 0 Å². The van der Waals surface area contributed by atoms with E-state index >= 15 is 8.78 Å². The average molecular weight is 675 g/mol. The molecule has 0 unspecified atom stereocenters. The molecular formula is C26H16F15NO3. The molecule has 45 heavy (non-hydrogen) atoms. The van der Waals surface area contributed by atoms with Crippen molar-refractivity contribution in [3.63, 3.8) is 0 Å². The predicted octanol–water partition coefficient (Wildman–Crippen LogP) is 7.51. The van der Waals surface area contributed by atoms with Gasteiger partial charge in [0.15, 0.2) is 6.61 Å². The van der Waals surface area contributed by atoms with Crippen LogP contribution in [0.3, 0.4) is 0 Å². The minimum absolute atomic E-state index is 0.221. The number of nitrogens with zero attached hydrogens (tertiary/aromatic N) is 1. The van der Waals surface area contributed by atoms with Crippen LogP contribution >= 0.6 is 0 Å². The van der Waals surface area contributed by atoms with Crippen LogP contribution in [0.5, 0.6) is 0 Å². The van der Waals surface area contributed by atoms with Crippen molar-refractivity contribution in [2.75, 3.05) is 11.5 Å². The van der Waals surface area contributed by atoms with E-state index < -0.39 is 82.9 Å². The molecule has 248 valence electrons. The fraction of sp³-hybridized carbons (Fsp3) is 0.385. The number of rotatable bonds is 10. The molecule has 0 fully saturated rings. The van der Waals surface area contributed by atoms with E-state index in [0.29, 0.717) is 6.07 Å². The minimum Gasteiger partial charge on any atom is -0.453 e. The van der Waals surface area contributed by atoms with Gasteiger partial charge in [-0.1, -0.05) is 54.3 Å². The normalized spacial score (nSPS) is 13.5. The van der Waals surface area contributed by atoms with Crippen LogP contribution < -0.4 is 4.90 Å². The molecule has 2 aromatic carbocycles. The van der Waals surface area contributed by atoms with Gasteiger partial charge < -0.3 is 9.64 Å². The van der Waals surface area contributed by atoms with Gasteiger partial charge in [-0.2, -0.15) is 65.9 Å². The van der Waals surface area contributed by atoms with Gasteiger partial charge in [-0.15, -0.1) is 0 Å². The van der Waals surface area contributed by atoms with Gasteiger partial charge >= 0.3 is 53.6 Å². The Kier molecular flexibility index (Phi) is 10.2. The Hall–Kier alpha value is -4.11. The third-order valence-electron chi connectivity index (χ3n) is 5.79. The molecule has 0 N–H and O–H groups in total. The molecule has 0 saturated heterocycles. The number of carbonyl (C=O) groups excluding carboxylic acids is 2. The summed E-state index contributed by atoms with van der Waals surface area (Å²) in [4.78, 5) is 23.3. The molecule has 0 saturated carbocycles. The van der Waals surface area contributed by atoms with Crippen molar-refractivity contribution in [3.05, 3.63) is 65.7 Å². The van der Waals surface area contributed by atoms with Crippen LogP contribution in [0.4, 0.5) is 71.5 Å². The molecular weight excluding hydrogens is 659 g/mol. The van der Waals surface area contributed by atoms with E-state index in [9.17, 15) is 66.7 Å². The van der Waals surface area contributed by atoms with E-state index in [0.717, 1.165) is 37.3 Å². The van der Waals surface area contributed by atoms with E-state index in [-0.39, 0.29) is 5.56 Å². The van der Waals surface area contributed by atoms with Crippen molar-refractivity contribution in [2.24, 2.45) is 0 Å². The van der Waals surface area contributed by atoms with Crippen LogP contribution in [0.2, 0.25) is 0 Å². The summed E-state index contributed by atoms with van der Waals surface area (Å²) in [6, 6.07) is 9.57. The number of esters is 1. The van der Waals surface area contributed by atoms with Gasteiger partial charge in [0, 0.05) is 12.5 Å². The van der Waals surface area contributed by atoms with Crippen molar-refractivity contribution in [2.45, 2.75) is 55.2 Å². The zero-order valence-corrected chi connectivity index (χ0v) is 22.0. The van der Waals surface area contributed by atoms with Crippen molar-refractivity contribution >= 4 is 17.6 Å². The van der Waals surface area contributed by atoms with Gasteiger partial charge in [0.2, 0.25) is 0 Å². The quantitative estimate of drug-likeness (QED) is 0.149. The predicted molar refractivity (Wildman–Crippen MR) is 123 cm³/mol. The number of carbonyl (C=O) groups is 2. The highest BCUT2D eigenvalue weighted by Crippen LogP contribution is 2.62. The van der Waals surface area contributed by atoms with E-state index in [1.165, 1.54) is 18.2 Å². The van der Waals surface area contributed by atoms with Crippen molar-refractivity contribution in [1.82, 2.24) is 0 Å². The third kappa shape index (κ3) is 6.50. The average Bonchev–Trinajstić information content (AvgIpc) is 2.93. The number of para-hydroxylation sites is 1. The molecule has 0 aliphatic carbocycles. The second kappa shape index (κ2) is 12.4. The van der Waals surface area contributed by atoms with Crippen LogP contribution in [-0.2, 0) is 20.9 Å². The van der Waals surface area contributed by atoms with Gasteiger partial charge in [0.25, 0.3) is 0 Å². The standard InChI is InChI=1S/C26H16F15NO3/c1-15(43)45-13-7-11-17-10-5-6-12-18(17)42(14-16-8-3-2-4-9-16)19(44)20(27,28)21(29,30)22(31,32)23(33,34)24(35,36)25(37,38)26(39,40)41/h2-6,8-10,12H,13-14H2,1H3. The molecule has 2 aromatic rings. The molecule has 0 radical (unpaired) electrons. The van der Waals surface area contributed by atoms with E-state index in [4.69, 9.17) is 0 Å². The molecule has 0 bridgehead atoms. The topological polar surface area (TPSA) is 46.6 Å². The summed E-state index contributed by atoms with van der Waals surface area (Å²) in [5.74, 6) is -48.8. The van der Waals surface area contributed by atoms with Crippen molar-refractivity contribution < 1.29 is 80.2 Å². The summed E-state index contributed by atoms with van der Waals surface area (Å²) in [5.41, 5.74) is -1.68. The monoisotopic (exact) mass is 675 g/mol. The molecule has 0 spiro atoms. The van der Waals surface area contributed by atoms with Crippen molar-refractivity contribution in [3.8, 4) is 11.8 Å². The first-order valence-corrected chi connectivity index (χ1v) is 11.7. The maximum Gasteiger partial charge on any atom is 0.460 e. The summed E-state index contributed by atoms with van der Waals surface area (Å²) < 4.78 is 211. The molecule has 2 rings (SSSR count). The molecule has 0 aliphatic rings. The molecule has 0 heterocycles. The van der Waals surface area contributed by atoms with Gasteiger partial charge in [0.1, 0.15) is 0 Å². The maximum atomic E-state index is 15.0. The number of amides is 1. The highest BCUT2D eigenvalue weighted by molar-refractivity contribution is 6.00. The Bertz CT molecular complexity index is 1440. The lowest BCUT2D eigenvalue weighted by molar-refractivity contribution is -0.449. The maximum absolute atomic E-state index is 15.0. The van der Waals surface area contributed by atoms with Crippen LogP contribution in [-0.4, -0.2) is 60.2 Å². The Morgan fingerprint density at radius 3 is 1.64 bits per heavy atom. The van der Waals surface area contributed by atoms with Crippen molar-refractivity contribution in [1.29, 1.82) is 0 Å². The summed E-state index contributed by atoms with van der Waals surface area (Å²) in [6.07, 6.45) is -7.75. The van der Waals surface area contributed by atoms with Crippen LogP contribution in [0.1, 0.15) is 18.1 Å². The SMILES string of the molecule is CC(=O)OCC#Cc1ccccc1N(Cc1ccccc1)C(=O)C(F)(F)C(F)(F)C(F)(F)C(F)(F)C(F)(F)C(F)(F)C(F)(F)F.